The minimum absolute atomic E-state index is 0.0212. The summed E-state index contributed by atoms with van der Waals surface area (Å²) in [5.41, 5.74) is -0.178. The zero-order valence-electron chi connectivity index (χ0n) is 19.1. The van der Waals surface area contributed by atoms with Gasteiger partial charge in [-0.1, -0.05) is 41.9 Å². The van der Waals surface area contributed by atoms with Crippen molar-refractivity contribution in [2.45, 2.75) is 52.4 Å². The van der Waals surface area contributed by atoms with Gasteiger partial charge in [-0.15, -0.1) is 0 Å². The van der Waals surface area contributed by atoms with E-state index in [0.29, 0.717) is 5.69 Å². The molecule has 0 bridgehead atoms. The van der Waals surface area contributed by atoms with Crippen molar-refractivity contribution in [1.29, 1.82) is 0 Å². The number of hydrogen-bond donors (Lipinski definition) is 2. The summed E-state index contributed by atoms with van der Waals surface area (Å²) in [5, 5.41) is 5.20. The summed E-state index contributed by atoms with van der Waals surface area (Å²) >= 11 is 6.31. The maximum Gasteiger partial charge on any atom is 0.408 e. The lowest BCUT2D eigenvalue weighted by Crippen LogP contribution is -2.44. The SMILES string of the molecule is CC(=O)OC(C(=O)[C@H](C)NC(=O)OC(C)(C)C)c1cccc(Cl)c1C(=O)Nc1ccccc1. The first-order valence-corrected chi connectivity index (χ1v) is 10.6. The van der Waals surface area contributed by atoms with Gasteiger partial charge in [0.15, 0.2) is 11.9 Å². The summed E-state index contributed by atoms with van der Waals surface area (Å²) in [6.07, 6.45) is -2.29. The fourth-order valence-electron chi connectivity index (χ4n) is 2.94. The Bertz CT molecular complexity index is 1030. The van der Waals surface area contributed by atoms with Crippen molar-refractivity contribution in [2.75, 3.05) is 5.32 Å². The first kappa shape index (κ1) is 25.9. The Kier molecular flexibility index (Phi) is 8.59. The number of para-hydroxylation sites is 1. The molecule has 9 heteroatoms. The molecule has 0 aliphatic heterocycles. The average molecular weight is 475 g/mol. The number of rotatable bonds is 7. The molecular weight excluding hydrogens is 448 g/mol. The molecule has 8 nitrogen and oxygen atoms in total. The summed E-state index contributed by atoms with van der Waals surface area (Å²) < 4.78 is 10.5. The molecule has 2 rings (SSSR count). The average Bonchev–Trinajstić information content (AvgIpc) is 2.70. The van der Waals surface area contributed by atoms with E-state index in [1.54, 1.807) is 51.1 Å². The van der Waals surface area contributed by atoms with Gasteiger partial charge < -0.3 is 20.1 Å². The minimum Gasteiger partial charge on any atom is -0.449 e. The Morgan fingerprint density at radius 1 is 0.970 bits per heavy atom. The second kappa shape index (κ2) is 11.0. The Labute approximate surface area is 197 Å². The van der Waals surface area contributed by atoms with Crippen LogP contribution in [-0.4, -0.2) is 35.4 Å². The highest BCUT2D eigenvalue weighted by Crippen LogP contribution is 2.30. The number of ether oxygens (including phenoxy) is 2. The molecule has 0 radical (unpaired) electrons. The zero-order chi connectivity index (χ0) is 24.8. The fourth-order valence-corrected chi connectivity index (χ4v) is 3.20. The van der Waals surface area contributed by atoms with Crippen LogP contribution in [0, 0.1) is 0 Å². The third-order valence-corrected chi connectivity index (χ3v) is 4.60. The van der Waals surface area contributed by atoms with Crippen molar-refractivity contribution >= 4 is 41.0 Å². The fraction of sp³-hybridized carbons (Fsp3) is 0.333. The van der Waals surface area contributed by atoms with Crippen molar-refractivity contribution in [2.24, 2.45) is 0 Å². The van der Waals surface area contributed by atoms with Gasteiger partial charge in [0.1, 0.15) is 5.60 Å². The normalized spacial score (nSPS) is 12.8. The van der Waals surface area contributed by atoms with E-state index >= 15 is 0 Å². The van der Waals surface area contributed by atoms with Crippen molar-refractivity contribution in [3.8, 4) is 0 Å². The number of nitrogens with one attached hydrogen (secondary N) is 2. The Hall–Kier alpha value is -3.39. The monoisotopic (exact) mass is 474 g/mol. The Morgan fingerprint density at radius 2 is 1.61 bits per heavy atom. The molecule has 0 saturated carbocycles. The summed E-state index contributed by atoms with van der Waals surface area (Å²) in [5.74, 6) is -1.99. The number of amides is 2. The van der Waals surface area contributed by atoms with Gasteiger partial charge in [0.2, 0.25) is 0 Å². The number of alkyl carbamates (subject to hydrolysis) is 1. The summed E-state index contributed by atoms with van der Waals surface area (Å²) in [6.45, 7) is 7.62. The number of halogens is 1. The van der Waals surface area contributed by atoms with Crippen molar-refractivity contribution < 1.29 is 28.7 Å². The van der Waals surface area contributed by atoms with Gasteiger partial charge in [-0.2, -0.15) is 0 Å². The number of esters is 1. The van der Waals surface area contributed by atoms with Crippen LogP contribution in [0.2, 0.25) is 5.02 Å². The number of carbonyl (C=O) groups is 4. The van der Waals surface area contributed by atoms with Gasteiger partial charge in [0, 0.05) is 18.2 Å². The van der Waals surface area contributed by atoms with Crippen LogP contribution in [0.3, 0.4) is 0 Å². The number of anilines is 1. The first-order chi connectivity index (χ1) is 15.4. The second-order valence-corrected chi connectivity index (χ2v) is 8.69. The molecule has 0 saturated heterocycles. The molecule has 0 aliphatic rings. The van der Waals surface area contributed by atoms with Crippen LogP contribution < -0.4 is 10.6 Å². The first-order valence-electron chi connectivity index (χ1n) is 10.2. The predicted molar refractivity (Wildman–Crippen MR) is 124 cm³/mol. The van der Waals surface area contributed by atoms with Crippen LogP contribution in [0.15, 0.2) is 48.5 Å². The maximum absolute atomic E-state index is 13.2. The minimum atomic E-state index is -1.48. The Balaban J connectivity index is 2.38. The molecule has 2 aromatic rings. The second-order valence-electron chi connectivity index (χ2n) is 8.28. The van der Waals surface area contributed by atoms with Crippen LogP contribution in [0.25, 0.3) is 0 Å². The quantitative estimate of drug-likeness (QED) is 0.564. The van der Waals surface area contributed by atoms with Crippen LogP contribution in [0.1, 0.15) is 56.6 Å². The van der Waals surface area contributed by atoms with E-state index in [0.717, 1.165) is 6.92 Å². The molecule has 0 spiro atoms. The molecule has 0 heterocycles. The molecule has 0 fully saturated rings. The third-order valence-electron chi connectivity index (χ3n) is 4.29. The lowest BCUT2D eigenvalue weighted by Gasteiger charge is -2.25. The largest absolute Gasteiger partial charge is 0.449 e. The lowest BCUT2D eigenvalue weighted by atomic mass is 9.95. The summed E-state index contributed by atoms with van der Waals surface area (Å²) in [7, 11) is 0. The standard InChI is InChI=1S/C24H27ClN2O6/c1-14(26-23(31)33-24(3,4)5)20(29)21(32-15(2)28)17-12-9-13-18(25)19(17)22(30)27-16-10-7-6-8-11-16/h6-14,21H,1-5H3,(H,26,31)(H,27,30)/t14-,21?/m0/s1. The van der Waals surface area contributed by atoms with Gasteiger partial charge >= 0.3 is 12.1 Å². The number of Topliss-reactive ketones (excluding diaryl/α,β-unsaturated/α-hetero) is 1. The molecule has 2 N–H and O–H groups in total. The summed E-state index contributed by atoms with van der Waals surface area (Å²) in [4.78, 5) is 50.1. The molecule has 1 unspecified atom stereocenters. The van der Waals surface area contributed by atoms with Crippen LogP contribution >= 0.6 is 11.6 Å². The van der Waals surface area contributed by atoms with Crippen LogP contribution in [0.5, 0.6) is 0 Å². The molecule has 2 aromatic carbocycles. The molecule has 0 aliphatic carbocycles. The van der Waals surface area contributed by atoms with Gasteiger partial charge in [-0.3, -0.25) is 14.4 Å². The third kappa shape index (κ3) is 7.61. The van der Waals surface area contributed by atoms with E-state index < -0.39 is 41.5 Å². The highest BCUT2D eigenvalue weighted by molar-refractivity contribution is 6.34. The van der Waals surface area contributed by atoms with Gasteiger partial charge in [-0.05, 0) is 45.9 Å². The van der Waals surface area contributed by atoms with E-state index in [4.69, 9.17) is 21.1 Å². The van der Waals surface area contributed by atoms with Crippen LogP contribution in [-0.2, 0) is 19.1 Å². The van der Waals surface area contributed by atoms with Crippen LogP contribution in [0.4, 0.5) is 10.5 Å². The molecule has 2 amide bonds. The molecule has 2 atom stereocenters. The van der Waals surface area contributed by atoms with E-state index in [9.17, 15) is 19.2 Å². The number of ketones is 1. The van der Waals surface area contributed by atoms with E-state index in [1.165, 1.54) is 25.1 Å². The maximum atomic E-state index is 13.2. The topological polar surface area (TPSA) is 111 Å². The van der Waals surface area contributed by atoms with Crippen molar-refractivity contribution in [1.82, 2.24) is 5.32 Å². The Morgan fingerprint density at radius 3 is 2.18 bits per heavy atom. The number of carbonyl (C=O) groups excluding carboxylic acids is 4. The van der Waals surface area contributed by atoms with E-state index in [2.05, 4.69) is 10.6 Å². The number of hydrogen-bond acceptors (Lipinski definition) is 6. The molecule has 176 valence electrons. The van der Waals surface area contributed by atoms with Gasteiger partial charge in [0.05, 0.1) is 16.6 Å². The van der Waals surface area contributed by atoms with Gasteiger partial charge in [0.25, 0.3) is 5.91 Å². The van der Waals surface area contributed by atoms with Crippen molar-refractivity contribution in [3.63, 3.8) is 0 Å². The smallest absolute Gasteiger partial charge is 0.408 e. The van der Waals surface area contributed by atoms with E-state index in [-0.39, 0.29) is 16.1 Å². The predicted octanol–water partition coefficient (Wildman–Crippen LogP) is 4.68. The van der Waals surface area contributed by atoms with E-state index in [1.807, 2.05) is 0 Å². The van der Waals surface area contributed by atoms with Crippen molar-refractivity contribution in [3.05, 3.63) is 64.7 Å². The lowest BCUT2D eigenvalue weighted by molar-refractivity contribution is -0.154. The summed E-state index contributed by atoms with van der Waals surface area (Å²) in [6, 6.07) is 12.1. The zero-order valence-corrected chi connectivity index (χ0v) is 19.9. The molecular formula is C24H27ClN2O6. The van der Waals surface area contributed by atoms with Gasteiger partial charge in [-0.25, -0.2) is 4.79 Å². The highest BCUT2D eigenvalue weighted by Gasteiger charge is 2.34. The highest BCUT2D eigenvalue weighted by atomic mass is 35.5. The molecule has 0 aromatic heterocycles. The number of benzene rings is 2. The molecule has 33 heavy (non-hydrogen) atoms.